The number of H-pyrrole nitrogens is 3. The van der Waals surface area contributed by atoms with Gasteiger partial charge in [-0.1, -0.05) is 28.8 Å². The van der Waals surface area contributed by atoms with Crippen molar-refractivity contribution >= 4 is 31.4 Å². The van der Waals surface area contributed by atoms with Crippen LogP contribution in [-0.4, -0.2) is 62.6 Å². The van der Waals surface area contributed by atoms with E-state index in [1.807, 2.05) is 0 Å². The van der Waals surface area contributed by atoms with Crippen molar-refractivity contribution in [3.05, 3.63) is 126 Å². The third kappa shape index (κ3) is 6.86. The highest BCUT2D eigenvalue weighted by atomic mass is 35.5. The Morgan fingerprint density at radius 3 is 2.46 bits per heavy atom. The van der Waals surface area contributed by atoms with E-state index in [0.717, 1.165) is 16.8 Å². The molecule has 0 saturated carbocycles. The molecular weight excluding hydrogens is 677 g/mol. The topological polar surface area (TPSA) is 242 Å². The van der Waals surface area contributed by atoms with Crippen LogP contribution in [0.3, 0.4) is 0 Å². The van der Waals surface area contributed by atoms with Crippen LogP contribution < -0.4 is 11.2 Å². The van der Waals surface area contributed by atoms with Gasteiger partial charge in [0.2, 0.25) is 5.72 Å². The van der Waals surface area contributed by atoms with Crippen LogP contribution >= 0.6 is 19.4 Å². The normalized spacial score (nSPS) is 26.8. The molecule has 6 rings (SSSR count). The van der Waals surface area contributed by atoms with Gasteiger partial charge in [0.25, 0.3) is 5.56 Å². The maximum atomic E-state index is 13.8. The van der Waals surface area contributed by atoms with E-state index in [4.69, 9.17) is 39.4 Å². The van der Waals surface area contributed by atoms with Crippen LogP contribution in [0.4, 0.5) is 0 Å². The van der Waals surface area contributed by atoms with Crippen molar-refractivity contribution in [1.82, 2.24) is 19.5 Å². The quantitative estimate of drug-likeness (QED) is 0.0697. The number of hydrogen-bond acceptors (Lipinski definition) is 12. The second kappa shape index (κ2) is 13.7. The Bertz CT molecular complexity index is 2010. The van der Waals surface area contributed by atoms with E-state index in [-0.39, 0.29) is 24.4 Å². The maximum absolute atomic E-state index is 13.8. The predicted molar refractivity (Wildman–Crippen MR) is 163 cm³/mol. The van der Waals surface area contributed by atoms with Gasteiger partial charge in [-0.25, -0.2) is 18.9 Å². The molecule has 2 aliphatic heterocycles. The summed E-state index contributed by atoms with van der Waals surface area (Å²) in [6.45, 7) is -1.04. The summed E-state index contributed by atoms with van der Waals surface area (Å²) in [6.07, 6.45) is -1.89. The van der Waals surface area contributed by atoms with Crippen LogP contribution in [-0.2, 0) is 32.3 Å². The van der Waals surface area contributed by atoms with Crippen LogP contribution in [0.25, 0.3) is 10.4 Å². The first-order chi connectivity index (χ1) is 23.1. The molecular formula is C28H25ClN7O11P. The second-order valence-corrected chi connectivity index (χ2v) is 12.5. The molecule has 18 nitrogen and oxygen atoms in total. The van der Waals surface area contributed by atoms with E-state index < -0.39 is 67.9 Å². The summed E-state index contributed by atoms with van der Waals surface area (Å²) < 4.78 is 48.9. The molecule has 4 aromatic rings. The van der Waals surface area contributed by atoms with Crippen LogP contribution in [0.15, 0.2) is 87.9 Å². The van der Waals surface area contributed by atoms with E-state index in [1.54, 1.807) is 24.3 Å². The molecule has 0 spiro atoms. The van der Waals surface area contributed by atoms with Gasteiger partial charge >= 0.3 is 25.5 Å². The number of aromatic amines is 3. The molecule has 20 heteroatoms. The summed E-state index contributed by atoms with van der Waals surface area (Å²) in [5.41, 5.74) is 5.96. The molecule has 3 aromatic heterocycles. The molecule has 0 aliphatic carbocycles. The number of carbonyl (C=O) groups is 2. The van der Waals surface area contributed by atoms with Crippen molar-refractivity contribution in [2.24, 2.45) is 5.11 Å². The highest BCUT2D eigenvalue weighted by Gasteiger charge is 2.62. The molecule has 3 N–H and O–H groups in total. The minimum Gasteiger partial charge on any atom is -0.450 e. The second-order valence-electron chi connectivity index (χ2n) is 10.4. The number of phosphoric ester groups is 1. The van der Waals surface area contributed by atoms with E-state index in [9.17, 15) is 29.3 Å². The maximum Gasteiger partial charge on any atom is 0.475 e. The summed E-state index contributed by atoms with van der Waals surface area (Å²) >= 11 is 6.12. The molecule has 0 radical (unpaired) electrons. The van der Waals surface area contributed by atoms with Gasteiger partial charge in [-0.15, -0.1) is 0 Å². The fourth-order valence-electron chi connectivity index (χ4n) is 5.14. The zero-order valence-electron chi connectivity index (χ0n) is 24.5. The molecule has 0 bridgehead atoms. The average molecular weight is 702 g/mol. The van der Waals surface area contributed by atoms with Crippen molar-refractivity contribution < 1.29 is 41.9 Å². The third-order valence-corrected chi connectivity index (χ3v) is 9.03. The van der Waals surface area contributed by atoms with Gasteiger partial charge < -0.3 is 24.2 Å². The van der Waals surface area contributed by atoms with Crippen molar-refractivity contribution in [3.63, 3.8) is 0 Å². The van der Waals surface area contributed by atoms with Gasteiger partial charge in [-0.3, -0.25) is 27.9 Å². The zero-order valence-corrected chi connectivity index (χ0v) is 26.1. The predicted octanol–water partition coefficient (Wildman–Crippen LogP) is 4.14. The van der Waals surface area contributed by atoms with Gasteiger partial charge in [0.15, 0.2) is 18.4 Å². The molecule has 5 heterocycles. The lowest BCUT2D eigenvalue weighted by Gasteiger charge is -2.33. The van der Waals surface area contributed by atoms with Crippen molar-refractivity contribution in [2.45, 2.75) is 36.7 Å². The minimum absolute atomic E-state index is 0.0324. The Balaban J connectivity index is 1.39. The Hall–Kier alpha value is -4.93. The number of azide groups is 1. The fourth-order valence-corrected chi connectivity index (χ4v) is 6.74. The summed E-state index contributed by atoms with van der Waals surface area (Å²) in [5.74, 6) is -2.00. The number of hydrogen-bond donors (Lipinski definition) is 3. The SMILES string of the molecule is [N-]=[N+]=N[C@]1(COP2(=O)OCC[C@@H](c3cccc(Cl)c3)O2)OC(n2ccc(=O)[nH]c2=O)[C@H](OC(=O)c2ccc[nH]2)[C@@H]1OC(=O)c1ccc[nH]1. The molecule has 250 valence electrons. The van der Waals surface area contributed by atoms with Crippen LogP contribution in [0, 0.1) is 0 Å². The number of esters is 2. The lowest BCUT2D eigenvalue weighted by molar-refractivity contribution is -0.128. The lowest BCUT2D eigenvalue weighted by Crippen LogP contribution is -2.49. The van der Waals surface area contributed by atoms with Gasteiger partial charge in [0, 0.05) is 41.0 Å². The largest absolute Gasteiger partial charge is 0.475 e. The highest BCUT2D eigenvalue weighted by Crippen LogP contribution is 2.58. The molecule has 2 saturated heterocycles. The number of ether oxygens (including phenoxy) is 3. The smallest absolute Gasteiger partial charge is 0.450 e. The Labute approximate surface area is 274 Å². The first-order valence-corrected chi connectivity index (χ1v) is 16.0. The van der Waals surface area contributed by atoms with Crippen molar-refractivity contribution in [2.75, 3.05) is 13.2 Å². The lowest BCUT2D eigenvalue weighted by atomic mass is 10.0. The highest BCUT2D eigenvalue weighted by molar-refractivity contribution is 7.48. The van der Waals surface area contributed by atoms with Crippen molar-refractivity contribution in [1.29, 1.82) is 0 Å². The molecule has 0 amide bonds. The van der Waals surface area contributed by atoms with Crippen molar-refractivity contribution in [3.8, 4) is 0 Å². The Kier molecular flexibility index (Phi) is 9.39. The first-order valence-electron chi connectivity index (χ1n) is 14.2. The number of benzene rings is 1. The molecule has 6 atom stereocenters. The Morgan fingerprint density at radius 1 is 1.08 bits per heavy atom. The van der Waals surface area contributed by atoms with Gasteiger partial charge in [-0.2, -0.15) is 0 Å². The Morgan fingerprint density at radius 2 is 1.81 bits per heavy atom. The number of rotatable bonds is 10. The van der Waals surface area contributed by atoms with E-state index in [2.05, 4.69) is 25.0 Å². The number of carbonyl (C=O) groups excluding carboxylic acids is 2. The van der Waals surface area contributed by atoms with E-state index in [0.29, 0.717) is 10.6 Å². The van der Waals surface area contributed by atoms with Gasteiger partial charge in [0.1, 0.15) is 11.4 Å². The number of halogens is 1. The number of nitrogens with one attached hydrogen (secondary N) is 3. The zero-order chi connectivity index (χ0) is 33.9. The van der Waals surface area contributed by atoms with Crippen LogP contribution in [0.2, 0.25) is 5.02 Å². The number of phosphoric acid groups is 1. The van der Waals surface area contributed by atoms with E-state index >= 15 is 0 Å². The molecule has 2 fully saturated rings. The third-order valence-electron chi connectivity index (χ3n) is 7.34. The fraction of sp³-hybridized carbons (Fsp3) is 0.286. The number of nitrogens with zero attached hydrogens (tertiary/aromatic N) is 4. The van der Waals surface area contributed by atoms with E-state index in [1.165, 1.54) is 36.7 Å². The average Bonchev–Trinajstić information content (AvgIpc) is 3.84. The minimum atomic E-state index is -4.45. The van der Waals surface area contributed by atoms with Gasteiger partial charge in [-0.05, 0) is 47.5 Å². The standard InChI is InChI=1S/C28H25ClN7O11P/c29-17-5-1-4-16(14-17)20-9-13-42-48(41,47-20)43-15-28(34-35-30)23(45-26(39)19-7-3-11-32-19)22(44-25(38)18-6-2-10-31-18)24(46-28)36-12-8-21(37)33-27(36)40/h1-8,10-12,14,20,22-24,31-32H,9,13,15H2,(H,33,37,40)/t20-,22+,23-,24?,28+,48?/m0/s1. The number of aromatic nitrogens is 4. The first kappa shape index (κ1) is 33.0. The summed E-state index contributed by atoms with van der Waals surface area (Å²) in [6, 6.07) is 13.4. The molecule has 2 unspecified atom stereocenters. The summed E-state index contributed by atoms with van der Waals surface area (Å²) in [7, 11) is -4.45. The molecule has 1 aromatic carbocycles. The molecule has 48 heavy (non-hydrogen) atoms. The summed E-state index contributed by atoms with van der Waals surface area (Å²) in [4.78, 5) is 61.6. The van der Waals surface area contributed by atoms with Gasteiger partial charge in [0.05, 0.1) is 19.3 Å². The van der Waals surface area contributed by atoms with Crippen LogP contribution in [0.5, 0.6) is 0 Å². The summed E-state index contributed by atoms with van der Waals surface area (Å²) in [5, 5.41) is 4.14. The monoisotopic (exact) mass is 701 g/mol. The molecule has 2 aliphatic rings. The van der Waals surface area contributed by atoms with Crippen LogP contribution in [0.1, 0.15) is 45.3 Å².